The van der Waals surface area contributed by atoms with Crippen molar-refractivity contribution in [1.29, 1.82) is 0 Å². The molecule has 1 aromatic carbocycles. The number of rotatable bonds is 6. The SMILES string of the molecule is CCCCOC(=O)C1=C(C)NC(=O)N[C@@H]1c1ccc([O-])c([N+](=O)[O-])c1. The van der Waals surface area contributed by atoms with E-state index in [0.29, 0.717) is 12.1 Å². The fraction of sp³-hybridized carbons (Fsp3) is 0.375. The van der Waals surface area contributed by atoms with Gasteiger partial charge in [0.25, 0.3) is 5.69 Å². The first-order chi connectivity index (χ1) is 11.8. The molecular weight excluding hydrogens is 330 g/mol. The Hall–Kier alpha value is -3.10. The van der Waals surface area contributed by atoms with Crippen LogP contribution in [0.5, 0.6) is 5.75 Å². The third-order valence-electron chi connectivity index (χ3n) is 3.73. The van der Waals surface area contributed by atoms with Crippen molar-refractivity contribution in [3.8, 4) is 5.75 Å². The van der Waals surface area contributed by atoms with Gasteiger partial charge in [0, 0.05) is 11.8 Å². The van der Waals surface area contributed by atoms with Crippen LogP contribution < -0.4 is 15.7 Å². The number of unbranched alkanes of at least 4 members (excludes halogenated alkanes) is 1. The van der Waals surface area contributed by atoms with Crippen molar-refractivity contribution in [3.63, 3.8) is 0 Å². The highest BCUT2D eigenvalue weighted by molar-refractivity contribution is 5.95. The van der Waals surface area contributed by atoms with Crippen LogP contribution in [0.2, 0.25) is 0 Å². The number of hydrogen-bond acceptors (Lipinski definition) is 6. The molecule has 9 heteroatoms. The zero-order valence-electron chi connectivity index (χ0n) is 13.8. The fourth-order valence-corrected chi connectivity index (χ4v) is 2.46. The van der Waals surface area contributed by atoms with E-state index in [9.17, 15) is 24.8 Å². The third-order valence-corrected chi connectivity index (χ3v) is 3.73. The first-order valence-corrected chi connectivity index (χ1v) is 7.76. The van der Waals surface area contributed by atoms with Gasteiger partial charge in [0.1, 0.15) is 0 Å². The highest BCUT2D eigenvalue weighted by Gasteiger charge is 2.32. The Morgan fingerprint density at radius 1 is 1.40 bits per heavy atom. The Labute approximate surface area is 143 Å². The maximum Gasteiger partial charge on any atom is 0.338 e. The molecule has 0 unspecified atom stereocenters. The van der Waals surface area contributed by atoms with Crippen molar-refractivity contribution in [2.75, 3.05) is 6.61 Å². The molecule has 0 fully saturated rings. The molecule has 0 saturated heterocycles. The molecule has 0 saturated carbocycles. The molecular formula is C16H18N3O6-. The van der Waals surface area contributed by atoms with Gasteiger partial charge in [0.05, 0.1) is 23.1 Å². The van der Waals surface area contributed by atoms with Crippen LogP contribution in [0.3, 0.4) is 0 Å². The molecule has 2 rings (SSSR count). The summed E-state index contributed by atoms with van der Waals surface area (Å²) in [6.07, 6.45) is 1.54. The monoisotopic (exact) mass is 348 g/mol. The molecule has 134 valence electrons. The van der Waals surface area contributed by atoms with Gasteiger partial charge in [-0.05, 0) is 24.7 Å². The molecule has 0 bridgehead atoms. The summed E-state index contributed by atoms with van der Waals surface area (Å²) in [5.74, 6) is -1.38. The Bertz CT molecular complexity index is 743. The van der Waals surface area contributed by atoms with Crippen molar-refractivity contribution >= 4 is 17.7 Å². The van der Waals surface area contributed by atoms with Gasteiger partial charge in [0.2, 0.25) is 0 Å². The number of nitrogens with one attached hydrogen (secondary N) is 2. The summed E-state index contributed by atoms with van der Waals surface area (Å²) in [6.45, 7) is 3.72. The average Bonchev–Trinajstić information content (AvgIpc) is 2.54. The lowest BCUT2D eigenvalue weighted by Gasteiger charge is -2.28. The van der Waals surface area contributed by atoms with Crippen molar-refractivity contribution in [3.05, 3.63) is 45.1 Å². The lowest BCUT2D eigenvalue weighted by atomic mass is 9.95. The van der Waals surface area contributed by atoms with Gasteiger partial charge in [-0.25, -0.2) is 9.59 Å². The Morgan fingerprint density at radius 3 is 2.76 bits per heavy atom. The average molecular weight is 348 g/mol. The van der Waals surface area contributed by atoms with Gasteiger partial charge in [-0.3, -0.25) is 10.1 Å². The number of carbonyl (C=O) groups is 2. The Balaban J connectivity index is 2.40. The molecule has 1 aliphatic heterocycles. The summed E-state index contributed by atoms with van der Waals surface area (Å²) in [5.41, 5.74) is 0.0670. The second kappa shape index (κ2) is 7.65. The van der Waals surface area contributed by atoms with Crippen LogP contribution in [0.1, 0.15) is 38.3 Å². The Morgan fingerprint density at radius 2 is 2.12 bits per heavy atom. The van der Waals surface area contributed by atoms with Gasteiger partial charge in [-0.15, -0.1) is 0 Å². The molecule has 2 N–H and O–H groups in total. The number of allylic oxidation sites excluding steroid dienone is 1. The van der Waals surface area contributed by atoms with Crippen LogP contribution >= 0.6 is 0 Å². The van der Waals surface area contributed by atoms with Crippen LogP contribution in [-0.2, 0) is 9.53 Å². The molecule has 1 heterocycles. The first kappa shape index (κ1) is 18.2. The van der Waals surface area contributed by atoms with Gasteiger partial charge < -0.3 is 20.5 Å². The molecule has 0 aliphatic carbocycles. The number of benzene rings is 1. The van der Waals surface area contributed by atoms with E-state index in [1.165, 1.54) is 6.07 Å². The largest absolute Gasteiger partial charge is 0.868 e. The minimum absolute atomic E-state index is 0.142. The van der Waals surface area contributed by atoms with E-state index < -0.39 is 34.4 Å². The normalized spacial score (nSPS) is 16.9. The van der Waals surface area contributed by atoms with Crippen molar-refractivity contribution in [2.45, 2.75) is 32.7 Å². The predicted molar refractivity (Wildman–Crippen MR) is 85.5 cm³/mol. The van der Waals surface area contributed by atoms with Crippen LogP contribution in [0.4, 0.5) is 10.5 Å². The number of hydrogen-bond donors (Lipinski definition) is 2. The van der Waals surface area contributed by atoms with Crippen molar-refractivity contribution in [1.82, 2.24) is 10.6 Å². The minimum atomic E-state index is -0.942. The lowest BCUT2D eigenvalue weighted by molar-refractivity contribution is -0.398. The summed E-state index contributed by atoms with van der Waals surface area (Å²) in [6, 6.07) is 1.95. The van der Waals surface area contributed by atoms with E-state index in [2.05, 4.69) is 10.6 Å². The topological polar surface area (TPSA) is 134 Å². The molecule has 9 nitrogen and oxygen atoms in total. The van der Waals surface area contributed by atoms with Crippen LogP contribution in [-0.4, -0.2) is 23.5 Å². The van der Waals surface area contributed by atoms with Gasteiger partial charge in [0.15, 0.2) is 0 Å². The molecule has 1 aromatic rings. The summed E-state index contributed by atoms with van der Waals surface area (Å²) in [4.78, 5) is 34.3. The van der Waals surface area contributed by atoms with E-state index in [-0.39, 0.29) is 17.7 Å². The summed E-state index contributed by atoms with van der Waals surface area (Å²) in [7, 11) is 0. The fourth-order valence-electron chi connectivity index (χ4n) is 2.46. The van der Waals surface area contributed by atoms with E-state index in [0.717, 1.165) is 18.6 Å². The van der Waals surface area contributed by atoms with Crippen LogP contribution in [0.15, 0.2) is 29.5 Å². The van der Waals surface area contributed by atoms with E-state index >= 15 is 0 Å². The van der Waals surface area contributed by atoms with Crippen LogP contribution in [0, 0.1) is 10.1 Å². The number of esters is 1. The zero-order chi connectivity index (χ0) is 18.6. The molecule has 2 amide bonds. The smallest absolute Gasteiger partial charge is 0.338 e. The predicted octanol–water partition coefficient (Wildman–Crippen LogP) is 1.64. The maximum absolute atomic E-state index is 12.4. The number of nitrogens with zero attached hydrogens (tertiary/aromatic N) is 1. The number of urea groups is 1. The number of nitro benzene ring substituents is 1. The molecule has 1 aliphatic rings. The molecule has 0 spiro atoms. The molecule has 1 atom stereocenters. The lowest BCUT2D eigenvalue weighted by Crippen LogP contribution is -2.45. The highest BCUT2D eigenvalue weighted by atomic mass is 16.6. The quantitative estimate of drug-likeness (QED) is 0.347. The first-order valence-electron chi connectivity index (χ1n) is 7.76. The van der Waals surface area contributed by atoms with E-state index in [4.69, 9.17) is 4.74 Å². The van der Waals surface area contributed by atoms with Crippen molar-refractivity contribution in [2.24, 2.45) is 0 Å². The van der Waals surface area contributed by atoms with Gasteiger partial charge in [-0.1, -0.05) is 25.5 Å². The van der Waals surface area contributed by atoms with Gasteiger partial charge >= 0.3 is 12.0 Å². The summed E-state index contributed by atoms with van der Waals surface area (Å²) >= 11 is 0. The van der Waals surface area contributed by atoms with Crippen molar-refractivity contribution < 1.29 is 24.4 Å². The van der Waals surface area contributed by atoms with Gasteiger partial charge in [-0.2, -0.15) is 0 Å². The summed E-state index contributed by atoms with van der Waals surface area (Å²) in [5, 5.41) is 27.6. The van der Waals surface area contributed by atoms with Crippen LogP contribution in [0.25, 0.3) is 0 Å². The molecule has 0 radical (unpaired) electrons. The second-order valence-corrected chi connectivity index (χ2v) is 5.54. The highest BCUT2D eigenvalue weighted by Crippen LogP contribution is 2.32. The summed E-state index contributed by atoms with van der Waals surface area (Å²) < 4.78 is 5.20. The number of amides is 2. The zero-order valence-corrected chi connectivity index (χ0v) is 13.8. The Kier molecular flexibility index (Phi) is 5.58. The second-order valence-electron chi connectivity index (χ2n) is 5.54. The maximum atomic E-state index is 12.4. The molecule has 0 aromatic heterocycles. The number of carbonyl (C=O) groups excluding carboxylic acids is 2. The number of ether oxygens (including phenoxy) is 1. The number of nitro groups is 1. The molecule has 25 heavy (non-hydrogen) atoms. The standard InChI is InChI=1S/C16H19N3O6/c1-3-4-7-25-15(21)13-9(2)17-16(22)18-14(13)10-5-6-12(20)11(8-10)19(23)24/h5-6,8,14,20H,3-4,7H2,1-2H3,(H2,17,18,22)/p-1/t14-/m1/s1. The minimum Gasteiger partial charge on any atom is -0.868 e. The third kappa shape index (κ3) is 4.06. The van der Waals surface area contributed by atoms with E-state index in [1.807, 2.05) is 6.92 Å². The van der Waals surface area contributed by atoms with E-state index in [1.54, 1.807) is 6.92 Å².